The Bertz CT molecular complexity index is 612. The van der Waals surface area contributed by atoms with E-state index in [-0.39, 0.29) is 0 Å². The molecule has 0 bridgehead atoms. The number of nitrogens with zero attached hydrogens (tertiary/aromatic N) is 1. The lowest BCUT2D eigenvalue weighted by Crippen LogP contribution is -2.65. The average molecular weight is 321 g/mol. The van der Waals surface area contributed by atoms with Gasteiger partial charge in [0.05, 0.1) is 14.0 Å². The van der Waals surface area contributed by atoms with E-state index in [1.165, 1.54) is 7.11 Å². The van der Waals surface area contributed by atoms with Crippen LogP contribution in [0.3, 0.4) is 0 Å². The highest BCUT2D eigenvalue weighted by atomic mass is 16.7. The van der Waals surface area contributed by atoms with Crippen molar-refractivity contribution in [3.8, 4) is 0 Å². The third-order valence-corrected chi connectivity index (χ3v) is 4.57. The van der Waals surface area contributed by atoms with Crippen molar-refractivity contribution in [1.82, 2.24) is 5.32 Å². The van der Waals surface area contributed by atoms with E-state index in [2.05, 4.69) is 5.32 Å². The lowest BCUT2D eigenvalue weighted by Gasteiger charge is -2.33. The van der Waals surface area contributed by atoms with Crippen molar-refractivity contribution in [1.29, 1.82) is 0 Å². The monoisotopic (exact) mass is 321 g/mol. The molecule has 0 saturated heterocycles. The molecule has 1 aliphatic rings. The maximum atomic E-state index is 12.1. The number of carbonyl (C=O) groups is 1. The van der Waals surface area contributed by atoms with Gasteiger partial charge < -0.3 is 14.6 Å². The topological polar surface area (TPSA) is 70.8 Å². The molecule has 1 unspecified atom stereocenters. The van der Waals surface area contributed by atoms with E-state index in [0.29, 0.717) is 12.3 Å². The van der Waals surface area contributed by atoms with Crippen molar-refractivity contribution in [3.63, 3.8) is 0 Å². The van der Waals surface area contributed by atoms with Crippen molar-refractivity contribution < 1.29 is 24.0 Å². The fraction of sp³-hybridized carbons (Fsp3) is 0.529. The smallest absolute Gasteiger partial charge is 0.340 e. The zero-order valence-electron chi connectivity index (χ0n) is 14.3. The second-order valence-electron chi connectivity index (χ2n) is 6.29. The molecule has 6 nitrogen and oxygen atoms in total. The fourth-order valence-corrected chi connectivity index (χ4v) is 2.66. The Hall–Kier alpha value is -1.92. The van der Waals surface area contributed by atoms with E-state index >= 15 is 0 Å². The second kappa shape index (κ2) is 6.29. The van der Waals surface area contributed by atoms with Crippen LogP contribution in [0.15, 0.2) is 30.3 Å². The molecule has 6 heteroatoms. The lowest BCUT2D eigenvalue weighted by molar-refractivity contribution is -0.589. The van der Waals surface area contributed by atoms with Crippen LogP contribution in [-0.4, -0.2) is 53.2 Å². The highest BCUT2D eigenvalue weighted by Gasteiger charge is 2.61. The molecule has 1 aliphatic heterocycles. The Morgan fingerprint density at radius 2 is 2.00 bits per heavy atom. The zero-order chi connectivity index (χ0) is 17.3. The number of aliphatic hydroxyl groups is 1. The maximum absolute atomic E-state index is 12.1. The van der Waals surface area contributed by atoms with Crippen LogP contribution < -0.4 is 5.32 Å². The highest BCUT2D eigenvalue weighted by Crippen LogP contribution is 2.31. The molecule has 23 heavy (non-hydrogen) atoms. The Morgan fingerprint density at radius 3 is 2.48 bits per heavy atom. The molecule has 1 aromatic carbocycles. The maximum Gasteiger partial charge on any atom is 0.340 e. The van der Waals surface area contributed by atoms with Gasteiger partial charge in [-0.15, -0.1) is 0 Å². The summed E-state index contributed by atoms with van der Waals surface area (Å²) < 4.78 is 12.3. The second-order valence-corrected chi connectivity index (χ2v) is 6.29. The van der Waals surface area contributed by atoms with Gasteiger partial charge in [-0.3, -0.25) is 4.79 Å². The van der Waals surface area contributed by atoms with Gasteiger partial charge in [0.2, 0.25) is 5.54 Å². The van der Waals surface area contributed by atoms with E-state index < -0.39 is 23.5 Å². The molecule has 0 aliphatic carbocycles. The van der Waals surface area contributed by atoms with E-state index in [0.717, 1.165) is 5.56 Å². The van der Waals surface area contributed by atoms with Gasteiger partial charge in [0, 0.05) is 13.8 Å². The third kappa shape index (κ3) is 3.23. The number of methoxy groups -OCH3 is 1. The predicted molar refractivity (Wildman–Crippen MR) is 86.1 cm³/mol. The number of esters is 1. The van der Waals surface area contributed by atoms with Crippen LogP contribution in [0.25, 0.3) is 0 Å². The largest absolute Gasteiger partial charge is 0.468 e. The minimum Gasteiger partial charge on any atom is -0.468 e. The van der Waals surface area contributed by atoms with Gasteiger partial charge in [0.25, 0.3) is 0 Å². The summed E-state index contributed by atoms with van der Waals surface area (Å²) in [6.07, 6.45) is 0.387. The molecule has 126 valence electrons. The molecule has 1 aromatic rings. The Kier molecular flexibility index (Phi) is 4.77. The van der Waals surface area contributed by atoms with Crippen molar-refractivity contribution >= 4 is 11.9 Å². The Labute approximate surface area is 136 Å². The summed E-state index contributed by atoms with van der Waals surface area (Å²) in [6.45, 7) is 5.45. The molecule has 1 heterocycles. The summed E-state index contributed by atoms with van der Waals surface area (Å²) in [4.78, 5) is 12.1. The van der Waals surface area contributed by atoms with Gasteiger partial charge in [-0.05, 0) is 12.0 Å². The van der Waals surface area contributed by atoms with Crippen LogP contribution in [0.2, 0.25) is 0 Å². The molecule has 2 rings (SSSR count). The first-order valence-electron chi connectivity index (χ1n) is 7.59. The molecule has 2 atom stereocenters. The quantitative estimate of drug-likeness (QED) is 0.478. The summed E-state index contributed by atoms with van der Waals surface area (Å²) in [6, 6.07) is 8.83. The minimum absolute atomic E-state index is 0.387. The third-order valence-electron chi connectivity index (χ3n) is 4.57. The fourth-order valence-electron chi connectivity index (χ4n) is 2.66. The molecule has 0 radical (unpaired) electrons. The normalized spacial score (nSPS) is 24.3. The Balaban J connectivity index is 2.24. The first-order valence-corrected chi connectivity index (χ1v) is 7.59. The van der Waals surface area contributed by atoms with Crippen molar-refractivity contribution in [2.24, 2.45) is 0 Å². The first kappa shape index (κ1) is 17.4. The van der Waals surface area contributed by atoms with Crippen LogP contribution in [0.4, 0.5) is 0 Å². The van der Waals surface area contributed by atoms with E-state index in [9.17, 15) is 9.90 Å². The number of carbonyl (C=O) groups excluding carboxylic acids is 1. The SMILES string of the molecule is COC(=O)[C@H](Cc1ccccc1)NC1(O)OC(C)=[N+](C)C1(C)C. The van der Waals surface area contributed by atoms with Crippen molar-refractivity contribution in [2.45, 2.75) is 44.7 Å². The van der Waals surface area contributed by atoms with Crippen molar-refractivity contribution in [2.75, 3.05) is 14.2 Å². The highest BCUT2D eigenvalue weighted by molar-refractivity contribution is 5.76. The van der Waals surface area contributed by atoms with E-state index in [1.807, 2.05) is 55.8 Å². The summed E-state index contributed by atoms with van der Waals surface area (Å²) >= 11 is 0. The first-order chi connectivity index (χ1) is 10.7. The van der Waals surface area contributed by atoms with Gasteiger partial charge in [0.15, 0.2) is 0 Å². The number of hydrogen-bond acceptors (Lipinski definition) is 5. The average Bonchev–Trinajstić information content (AvgIpc) is 2.67. The molecule has 0 spiro atoms. The summed E-state index contributed by atoms with van der Waals surface area (Å²) in [5.41, 5.74) is 0.212. The standard InChI is InChI=1S/C17H25N2O4/c1-12-19(4)16(2,3)17(21,23-12)18-14(15(20)22-5)11-13-9-7-6-8-10-13/h6-10,14,18,21H,11H2,1-5H3/q+1/t14-,17?/m0/s1. The number of rotatable bonds is 5. The number of ether oxygens (including phenoxy) is 2. The van der Waals surface area contributed by atoms with Crippen LogP contribution in [0.5, 0.6) is 0 Å². The zero-order valence-corrected chi connectivity index (χ0v) is 14.3. The predicted octanol–water partition coefficient (Wildman–Crippen LogP) is 0.876. The molecular formula is C17H25N2O4+. The van der Waals surface area contributed by atoms with E-state index in [1.54, 1.807) is 6.92 Å². The molecule has 2 N–H and O–H groups in total. The Morgan fingerprint density at radius 1 is 1.39 bits per heavy atom. The van der Waals surface area contributed by atoms with Crippen LogP contribution in [0.1, 0.15) is 26.3 Å². The summed E-state index contributed by atoms with van der Waals surface area (Å²) in [7, 11) is 3.16. The van der Waals surface area contributed by atoms with Gasteiger partial charge in [0.1, 0.15) is 13.1 Å². The van der Waals surface area contributed by atoms with Gasteiger partial charge in [-0.25, -0.2) is 5.32 Å². The number of benzene rings is 1. The molecule has 0 aromatic heterocycles. The lowest BCUT2D eigenvalue weighted by atomic mass is 9.97. The summed E-state index contributed by atoms with van der Waals surface area (Å²) in [5.74, 6) is -1.57. The number of nitrogens with one attached hydrogen (secondary N) is 1. The van der Waals surface area contributed by atoms with Gasteiger partial charge in [-0.1, -0.05) is 30.3 Å². The van der Waals surface area contributed by atoms with E-state index in [4.69, 9.17) is 9.47 Å². The van der Waals surface area contributed by atoms with Crippen LogP contribution >= 0.6 is 0 Å². The van der Waals surface area contributed by atoms with Crippen molar-refractivity contribution in [3.05, 3.63) is 35.9 Å². The van der Waals surface area contributed by atoms with Crippen LogP contribution in [-0.2, 0) is 20.7 Å². The molecule has 0 saturated carbocycles. The van der Waals surface area contributed by atoms with Crippen LogP contribution in [0, 0.1) is 0 Å². The molecular weight excluding hydrogens is 296 g/mol. The van der Waals surface area contributed by atoms with Gasteiger partial charge >= 0.3 is 17.8 Å². The molecule has 0 fully saturated rings. The summed E-state index contributed by atoms with van der Waals surface area (Å²) in [5, 5.41) is 13.9. The minimum atomic E-state index is -1.69. The molecule has 0 amide bonds. The number of likely N-dealkylation sites (N-methyl/N-ethyl adjacent to an activating group) is 1. The van der Waals surface area contributed by atoms with Gasteiger partial charge in [-0.2, -0.15) is 4.58 Å². The number of hydrogen-bond donors (Lipinski definition) is 2.